The van der Waals surface area contributed by atoms with E-state index >= 15 is 9.13 Å². The molecule has 6 nitrogen and oxygen atoms in total. The highest BCUT2D eigenvalue weighted by atomic mass is 31.2. The van der Waals surface area contributed by atoms with Crippen molar-refractivity contribution in [3.8, 4) is 34.1 Å². The Morgan fingerprint density at radius 3 is 0.619 bits per heavy atom. The lowest BCUT2D eigenvalue weighted by Crippen LogP contribution is -2.17. The van der Waals surface area contributed by atoms with Gasteiger partial charge in [-0.2, -0.15) is 0 Å². The summed E-state index contributed by atoms with van der Waals surface area (Å²) in [6.07, 6.45) is 27.8. The molecule has 0 aliphatic rings. The van der Waals surface area contributed by atoms with Crippen molar-refractivity contribution in [3.63, 3.8) is 0 Å². The fraction of sp³-hybridized carbons (Fsp3) is 0.526. The van der Waals surface area contributed by atoms with Crippen LogP contribution < -0.4 is 28.7 Å². The van der Waals surface area contributed by atoms with Gasteiger partial charge in [0.05, 0.1) is 10.6 Å². The Morgan fingerprint density at radius 2 is 0.440 bits per heavy atom. The van der Waals surface area contributed by atoms with Crippen molar-refractivity contribution in [2.45, 2.75) is 263 Å². The molecule has 458 valence electrons. The van der Waals surface area contributed by atoms with Crippen molar-refractivity contribution in [2.24, 2.45) is 0 Å². The van der Waals surface area contributed by atoms with Crippen molar-refractivity contribution >= 4 is 25.8 Å². The first kappa shape index (κ1) is 68.1. The van der Waals surface area contributed by atoms with E-state index in [9.17, 15) is 0 Å². The van der Waals surface area contributed by atoms with Crippen LogP contribution in [0, 0.1) is 0 Å². The molecule has 6 aromatic rings. The summed E-state index contributed by atoms with van der Waals surface area (Å²) in [7, 11) is -8.21. The lowest BCUT2D eigenvalue weighted by Gasteiger charge is -2.26. The average molecular weight is 1180 g/mol. The van der Waals surface area contributed by atoms with Crippen LogP contribution >= 0.6 is 15.2 Å². The maximum atomic E-state index is 16.3. The molecule has 0 amide bonds. The summed E-state index contributed by atoms with van der Waals surface area (Å²) < 4.78 is 61.0. The Morgan fingerprint density at radius 1 is 0.250 bits per heavy atom. The number of rotatable bonds is 39. The first-order valence-electron chi connectivity index (χ1n) is 33.6. The van der Waals surface area contributed by atoms with Crippen LogP contribution in [0.4, 0.5) is 0 Å². The van der Waals surface area contributed by atoms with E-state index in [-0.39, 0.29) is 0 Å². The molecule has 0 aromatic heterocycles. The Kier molecular flexibility index (Phi) is 28.3. The Hall–Kier alpha value is -5.02. The summed E-state index contributed by atoms with van der Waals surface area (Å²) in [5.74, 6) is 2.62. The van der Waals surface area contributed by atoms with Crippen molar-refractivity contribution in [1.29, 1.82) is 0 Å². The first-order valence-corrected chi connectivity index (χ1v) is 36.7. The number of benzene rings is 6. The third kappa shape index (κ3) is 17.6. The molecule has 8 heteroatoms. The summed E-state index contributed by atoms with van der Waals surface area (Å²) in [5, 5.41) is 0.998. The predicted molar refractivity (Wildman–Crippen MR) is 361 cm³/mol. The normalized spacial score (nSPS) is 11.8. The predicted octanol–water partition coefficient (Wildman–Crippen LogP) is 22.3. The molecule has 0 aliphatic carbocycles. The molecule has 6 aromatic carbocycles. The van der Waals surface area contributed by atoms with E-state index in [2.05, 4.69) is 132 Å². The zero-order valence-electron chi connectivity index (χ0n) is 54.4. The number of unbranched alkanes of at least 4 members (excludes halogenated alkanes) is 8. The SMILES string of the molecule is CCCCc1c(CC)ccc(OP(=O)(Oc2ccc(CC)c(CCCC)c2CCCC)c2ccc(-c3ccc(P(=O)(Oc4ccc(CC)c(CCCC)c4CCCC)Oc4ccc(CC)c(CCCC)c4CCCC)cc3)cc2)c1CCCC. The highest BCUT2D eigenvalue weighted by Crippen LogP contribution is 2.53. The Bertz CT molecular complexity index is 2700. The van der Waals surface area contributed by atoms with Crippen LogP contribution in [-0.2, 0) is 86.2 Å². The maximum absolute atomic E-state index is 16.3. The first-order chi connectivity index (χ1) is 40.9. The van der Waals surface area contributed by atoms with E-state index in [1.54, 1.807) is 0 Å². The number of hydrogen-bond donors (Lipinski definition) is 0. The van der Waals surface area contributed by atoms with E-state index in [1.165, 1.54) is 44.5 Å². The summed E-state index contributed by atoms with van der Waals surface area (Å²) in [6, 6.07) is 32.7. The van der Waals surface area contributed by atoms with Crippen LogP contribution in [0.25, 0.3) is 11.1 Å². The molecule has 0 spiro atoms. The number of hydrogen-bond acceptors (Lipinski definition) is 6. The lowest BCUT2D eigenvalue weighted by molar-refractivity contribution is 0.393. The lowest BCUT2D eigenvalue weighted by atomic mass is 9.91. The monoisotopic (exact) mass is 1180 g/mol. The van der Waals surface area contributed by atoms with Crippen molar-refractivity contribution < 1.29 is 27.2 Å². The third-order valence-corrected chi connectivity index (χ3v) is 20.9. The van der Waals surface area contributed by atoms with Crippen LogP contribution in [0.15, 0.2) is 97.1 Å². The Labute approximate surface area is 511 Å². The molecule has 0 atom stereocenters. The molecule has 6 rings (SSSR count). The highest BCUT2D eigenvalue weighted by molar-refractivity contribution is 7.63. The van der Waals surface area contributed by atoms with Gasteiger partial charge in [0.2, 0.25) is 0 Å². The largest absolute Gasteiger partial charge is 0.462 e. The van der Waals surface area contributed by atoms with E-state index in [1.807, 2.05) is 48.5 Å². The van der Waals surface area contributed by atoms with Crippen LogP contribution in [0.3, 0.4) is 0 Å². The summed E-state index contributed by atoms with van der Waals surface area (Å²) in [4.78, 5) is 0. The van der Waals surface area contributed by atoms with Crippen LogP contribution in [-0.4, -0.2) is 0 Å². The van der Waals surface area contributed by atoms with Gasteiger partial charge in [0, 0.05) is 0 Å². The molecule has 0 saturated carbocycles. The van der Waals surface area contributed by atoms with Gasteiger partial charge in [0.1, 0.15) is 23.0 Å². The zero-order valence-corrected chi connectivity index (χ0v) is 56.2. The molecule has 0 N–H and O–H groups in total. The topological polar surface area (TPSA) is 71.1 Å². The summed E-state index contributed by atoms with van der Waals surface area (Å²) >= 11 is 0. The van der Waals surface area contributed by atoms with E-state index in [0.29, 0.717) is 33.6 Å². The molecule has 0 saturated heterocycles. The zero-order chi connectivity index (χ0) is 60.5. The molecule has 0 fully saturated rings. The molecular weight excluding hydrogens is 1070 g/mol. The molecule has 0 heterocycles. The van der Waals surface area contributed by atoms with Gasteiger partial charge in [-0.15, -0.1) is 0 Å². The molecule has 0 unspecified atom stereocenters. The van der Waals surface area contributed by atoms with Crippen LogP contribution in [0.1, 0.15) is 253 Å². The van der Waals surface area contributed by atoms with E-state index in [0.717, 1.165) is 213 Å². The molecule has 84 heavy (non-hydrogen) atoms. The van der Waals surface area contributed by atoms with Gasteiger partial charge < -0.3 is 18.1 Å². The fourth-order valence-corrected chi connectivity index (χ4v) is 15.4. The van der Waals surface area contributed by atoms with Crippen molar-refractivity contribution in [1.82, 2.24) is 0 Å². The molecular formula is C76H108O6P2. The van der Waals surface area contributed by atoms with E-state index in [4.69, 9.17) is 18.1 Å². The summed E-state index contributed by atoms with van der Waals surface area (Å²) in [5.41, 5.74) is 17.1. The minimum Gasteiger partial charge on any atom is -0.413 e. The second-order valence-electron chi connectivity index (χ2n) is 23.4. The van der Waals surface area contributed by atoms with Gasteiger partial charge >= 0.3 is 15.2 Å². The van der Waals surface area contributed by atoms with Crippen molar-refractivity contribution in [2.75, 3.05) is 0 Å². The smallest absolute Gasteiger partial charge is 0.413 e. The minimum absolute atomic E-state index is 0.499. The second kappa shape index (κ2) is 35.0. The van der Waals surface area contributed by atoms with Gasteiger partial charge in [-0.1, -0.05) is 183 Å². The van der Waals surface area contributed by atoms with Crippen molar-refractivity contribution in [3.05, 3.63) is 164 Å². The van der Waals surface area contributed by atoms with Gasteiger partial charge in [0.15, 0.2) is 0 Å². The maximum Gasteiger partial charge on any atom is 0.462 e. The Balaban J connectivity index is 1.50. The minimum atomic E-state index is -4.10. The van der Waals surface area contributed by atoms with Crippen LogP contribution in [0.2, 0.25) is 0 Å². The summed E-state index contributed by atoms with van der Waals surface area (Å²) in [6.45, 7) is 26.8. The quantitative estimate of drug-likeness (QED) is 0.0358. The second-order valence-corrected chi connectivity index (χ2v) is 27.2. The standard InChI is InChI=1S/C76H108O6P2/c1-13-25-33-65-57(21-9)45-53-73(69(65)37-29-17-5)79-83(77,80-74-54-46-58(22-10)66(34-26-14-2)70(74)38-30-18-6)63-49-41-61(42-50-63)62-43-51-64(52-44-62)84(78,81-75-55-47-59(23-11)67(35-27-15-3)71(75)39-31-19-7)82-76-56-48-60(24-12)68(36-28-16-4)72(76)40-32-20-8/h41-56H,13-40H2,1-12H3. The van der Waals surface area contributed by atoms with Gasteiger partial charge in [0.25, 0.3) is 0 Å². The molecule has 0 bridgehead atoms. The third-order valence-electron chi connectivity index (χ3n) is 17.3. The van der Waals surface area contributed by atoms with Gasteiger partial charge in [-0.25, -0.2) is 9.13 Å². The fourth-order valence-electron chi connectivity index (χ4n) is 12.2. The average Bonchev–Trinajstić information content (AvgIpc) is 2.77. The van der Waals surface area contributed by atoms with Crippen LogP contribution in [0.5, 0.6) is 23.0 Å². The number of aryl methyl sites for hydroxylation is 4. The molecule has 0 radical (unpaired) electrons. The van der Waals surface area contributed by atoms with E-state index < -0.39 is 15.2 Å². The molecule has 0 aliphatic heterocycles. The highest BCUT2D eigenvalue weighted by Gasteiger charge is 2.37. The van der Waals surface area contributed by atoms with Gasteiger partial charge in [-0.3, -0.25) is 0 Å². The van der Waals surface area contributed by atoms with Gasteiger partial charge in [-0.05, 0) is 255 Å².